The van der Waals surface area contributed by atoms with Crippen molar-refractivity contribution in [3.05, 3.63) is 77.6 Å². The molecule has 3 aromatic rings. The summed E-state index contributed by atoms with van der Waals surface area (Å²) in [6, 6.07) is 13.9. The number of nitrogens with one attached hydrogen (secondary N) is 1. The minimum absolute atomic E-state index is 0.215. The number of morpholine rings is 1. The van der Waals surface area contributed by atoms with Gasteiger partial charge >= 0.3 is 0 Å². The summed E-state index contributed by atoms with van der Waals surface area (Å²) >= 11 is 0. The second-order valence-electron chi connectivity index (χ2n) is 7.41. The molecule has 0 aliphatic carbocycles. The fourth-order valence-corrected chi connectivity index (χ4v) is 3.77. The molecule has 1 N–H and O–H groups in total. The maximum atomic E-state index is 12.6. The average Bonchev–Trinajstić information content (AvgIpc) is 3.10. The maximum absolute atomic E-state index is 12.6. The summed E-state index contributed by atoms with van der Waals surface area (Å²) in [6.07, 6.45) is 2.56. The lowest BCUT2D eigenvalue weighted by atomic mass is 10.1. The van der Waals surface area contributed by atoms with Crippen molar-refractivity contribution in [3.63, 3.8) is 0 Å². The molecule has 0 bridgehead atoms. The van der Waals surface area contributed by atoms with E-state index < -0.39 is 11.8 Å². The number of aromatic nitrogens is 2. The van der Waals surface area contributed by atoms with Gasteiger partial charge in [-0.05, 0) is 48.5 Å². The molecule has 2 aliphatic heterocycles. The zero-order valence-electron chi connectivity index (χ0n) is 17.0. The van der Waals surface area contributed by atoms with Crippen LogP contribution in [0, 0.1) is 0 Å². The molecule has 1 fully saturated rings. The molecule has 5 rings (SSSR count). The Morgan fingerprint density at radius 2 is 1.38 bits per heavy atom. The standard InChI is InChI=1S/C23H19N5O4/c29-21(26-16-3-7-17(8-4-16)27-9-11-32-12-10-27)15-1-5-18(6-2-15)28-22(30)19-13-24-25-14-20(19)23(28)31/h1-8,13-14H,9-12H2,(H,26,29). The van der Waals surface area contributed by atoms with Crippen molar-refractivity contribution >= 4 is 34.8 Å². The summed E-state index contributed by atoms with van der Waals surface area (Å²) in [5, 5.41) is 10.2. The summed E-state index contributed by atoms with van der Waals surface area (Å²) in [5.74, 6) is -1.21. The van der Waals surface area contributed by atoms with Crippen LogP contribution in [0.15, 0.2) is 60.9 Å². The number of imide groups is 1. The lowest BCUT2D eigenvalue weighted by Crippen LogP contribution is -2.36. The fraction of sp³-hybridized carbons (Fsp3) is 0.174. The number of carbonyl (C=O) groups excluding carboxylic acids is 3. The first-order valence-electron chi connectivity index (χ1n) is 10.2. The Bertz CT molecular complexity index is 1150. The van der Waals surface area contributed by atoms with Gasteiger partial charge in [-0.25, -0.2) is 4.90 Å². The van der Waals surface area contributed by atoms with Crippen LogP contribution in [0.3, 0.4) is 0 Å². The topological polar surface area (TPSA) is 105 Å². The van der Waals surface area contributed by atoms with Crippen LogP contribution < -0.4 is 15.1 Å². The van der Waals surface area contributed by atoms with Gasteiger partial charge in [0, 0.05) is 30.0 Å². The predicted molar refractivity (Wildman–Crippen MR) is 117 cm³/mol. The van der Waals surface area contributed by atoms with Gasteiger partial charge in [-0.3, -0.25) is 14.4 Å². The monoisotopic (exact) mass is 429 g/mol. The van der Waals surface area contributed by atoms with Crippen LogP contribution in [0.4, 0.5) is 17.1 Å². The third-order valence-corrected chi connectivity index (χ3v) is 5.49. The van der Waals surface area contributed by atoms with Gasteiger partial charge in [-0.15, -0.1) is 0 Å². The van der Waals surface area contributed by atoms with Crippen LogP contribution in [0.5, 0.6) is 0 Å². The molecule has 0 spiro atoms. The number of benzene rings is 2. The van der Waals surface area contributed by atoms with Gasteiger partial charge in [0.25, 0.3) is 17.7 Å². The van der Waals surface area contributed by atoms with Gasteiger partial charge in [0.2, 0.25) is 0 Å². The molecule has 32 heavy (non-hydrogen) atoms. The SMILES string of the molecule is O=C(Nc1ccc(N2CCOCC2)cc1)c1ccc(N2C(=O)c3cnncc3C2=O)cc1. The van der Waals surface area contributed by atoms with Crippen molar-refractivity contribution in [1.82, 2.24) is 10.2 Å². The van der Waals surface area contributed by atoms with Crippen molar-refractivity contribution in [2.75, 3.05) is 41.4 Å². The average molecular weight is 429 g/mol. The quantitative estimate of drug-likeness (QED) is 0.635. The number of hydrogen-bond acceptors (Lipinski definition) is 7. The van der Waals surface area contributed by atoms with Crippen molar-refractivity contribution in [3.8, 4) is 0 Å². The Morgan fingerprint density at radius 1 is 0.812 bits per heavy atom. The van der Waals surface area contributed by atoms with Crippen molar-refractivity contribution < 1.29 is 19.1 Å². The highest BCUT2D eigenvalue weighted by Crippen LogP contribution is 2.27. The second-order valence-corrected chi connectivity index (χ2v) is 7.41. The highest BCUT2D eigenvalue weighted by molar-refractivity contribution is 6.34. The van der Waals surface area contributed by atoms with Gasteiger partial charge < -0.3 is 15.0 Å². The summed E-state index contributed by atoms with van der Waals surface area (Å²) < 4.78 is 5.37. The van der Waals surface area contributed by atoms with E-state index in [1.165, 1.54) is 12.4 Å². The molecule has 3 heterocycles. The van der Waals surface area contributed by atoms with Crippen molar-refractivity contribution in [2.45, 2.75) is 0 Å². The molecule has 1 saturated heterocycles. The summed E-state index contributed by atoms with van der Waals surface area (Å²) in [4.78, 5) is 41.0. The first-order valence-corrected chi connectivity index (χ1v) is 10.2. The number of carbonyl (C=O) groups is 3. The van der Waals surface area contributed by atoms with Crippen LogP contribution in [0.25, 0.3) is 0 Å². The largest absolute Gasteiger partial charge is 0.378 e. The molecule has 9 heteroatoms. The van der Waals surface area contributed by atoms with E-state index in [1.807, 2.05) is 24.3 Å². The molecule has 1 aromatic heterocycles. The minimum atomic E-state index is -0.461. The molecule has 2 aliphatic rings. The Kier molecular flexibility index (Phi) is 5.08. The maximum Gasteiger partial charge on any atom is 0.267 e. The molecular formula is C23H19N5O4. The van der Waals surface area contributed by atoms with Gasteiger partial charge in [-0.1, -0.05) is 0 Å². The number of amides is 3. The van der Waals surface area contributed by atoms with Gasteiger partial charge in [0.05, 0.1) is 42.4 Å². The van der Waals surface area contributed by atoms with E-state index in [2.05, 4.69) is 20.4 Å². The first-order chi connectivity index (χ1) is 15.6. The first kappa shape index (κ1) is 19.8. The lowest BCUT2D eigenvalue weighted by Gasteiger charge is -2.28. The van der Waals surface area contributed by atoms with Crippen molar-refractivity contribution in [1.29, 1.82) is 0 Å². The molecule has 0 atom stereocenters. The third-order valence-electron chi connectivity index (χ3n) is 5.49. The normalized spacial score (nSPS) is 15.6. The predicted octanol–water partition coefficient (Wildman–Crippen LogP) is 2.37. The number of fused-ring (bicyclic) bond motifs is 1. The van der Waals surface area contributed by atoms with Crippen LogP contribution in [-0.4, -0.2) is 54.2 Å². The van der Waals surface area contributed by atoms with Gasteiger partial charge in [0.1, 0.15) is 0 Å². The molecule has 0 saturated carbocycles. The van der Waals surface area contributed by atoms with Gasteiger partial charge in [-0.2, -0.15) is 10.2 Å². The molecule has 0 radical (unpaired) electrons. The Labute approximate surface area is 183 Å². The van der Waals surface area contributed by atoms with E-state index >= 15 is 0 Å². The van der Waals surface area contributed by atoms with Crippen LogP contribution >= 0.6 is 0 Å². The molecule has 160 valence electrons. The number of anilines is 3. The molecule has 3 amide bonds. The zero-order valence-corrected chi connectivity index (χ0v) is 17.0. The molecule has 0 unspecified atom stereocenters. The highest BCUT2D eigenvalue weighted by Gasteiger charge is 2.37. The van der Waals surface area contributed by atoms with Crippen LogP contribution in [0.1, 0.15) is 31.1 Å². The van der Waals surface area contributed by atoms with E-state index in [4.69, 9.17) is 4.74 Å². The van der Waals surface area contributed by atoms with E-state index in [-0.39, 0.29) is 17.0 Å². The summed E-state index contributed by atoms with van der Waals surface area (Å²) in [5.41, 5.74) is 2.98. The summed E-state index contributed by atoms with van der Waals surface area (Å²) in [7, 11) is 0. The van der Waals surface area contributed by atoms with E-state index in [0.717, 1.165) is 23.7 Å². The van der Waals surface area contributed by atoms with E-state index in [0.29, 0.717) is 30.2 Å². The molecular weight excluding hydrogens is 410 g/mol. The smallest absolute Gasteiger partial charge is 0.267 e. The van der Waals surface area contributed by atoms with Crippen LogP contribution in [0.2, 0.25) is 0 Å². The minimum Gasteiger partial charge on any atom is -0.378 e. The second kappa shape index (κ2) is 8.20. The Morgan fingerprint density at radius 3 is 1.97 bits per heavy atom. The van der Waals surface area contributed by atoms with E-state index in [9.17, 15) is 14.4 Å². The Hall–Kier alpha value is -4.11. The van der Waals surface area contributed by atoms with Crippen molar-refractivity contribution in [2.24, 2.45) is 0 Å². The van der Waals surface area contributed by atoms with Gasteiger partial charge in [0.15, 0.2) is 0 Å². The lowest BCUT2D eigenvalue weighted by molar-refractivity contribution is 0.0925. The Balaban J connectivity index is 1.27. The van der Waals surface area contributed by atoms with E-state index in [1.54, 1.807) is 24.3 Å². The number of hydrogen-bond donors (Lipinski definition) is 1. The number of ether oxygens (including phenoxy) is 1. The molecule has 2 aromatic carbocycles. The highest BCUT2D eigenvalue weighted by atomic mass is 16.5. The van der Waals surface area contributed by atoms with Crippen LogP contribution in [-0.2, 0) is 4.74 Å². The fourth-order valence-electron chi connectivity index (χ4n) is 3.77. The third kappa shape index (κ3) is 3.58. The number of rotatable bonds is 4. The molecule has 9 nitrogen and oxygen atoms in total. The zero-order chi connectivity index (χ0) is 22.1. The summed E-state index contributed by atoms with van der Waals surface area (Å²) in [6.45, 7) is 3.11. The number of nitrogens with zero attached hydrogens (tertiary/aromatic N) is 4.